The fourth-order valence-electron chi connectivity index (χ4n) is 3.71. The third kappa shape index (κ3) is 8.35. The van der Waals surface area contributed by atoms with Crippen molar-refractivity contribution in [2.75, 3.05) is 51.4 Å². The molecular weight excluding hydrogens is 463 g/mol. The van der Waals surface area contributed by atoms with Crippen LogP contribution >= 0.6 is 0 Å². The number of benzene rings is 1. The van der Waals surface area contributed by atoms with Gasteiger partial charge in [-0.1, -0.05) is 6.92 Å². The zero-order chi connectivity index (χ0) is 25.0. The Kier molecular flexibility index (Phi) is 9.00. The summed E-state index contributed by atoms with van der Waals surface area (Å²) in [4.78, 5) is 16.3. The summed E-state index contributed by atoms with van der Waals surface area (Å²) in [6.07, 6.45) is -4.65. The number of likely N-dealkylation sites (N-methyl/N-ethyl adjacent to an activating group) is 1. The second kappa shape index (κ2) is 10.9. The Morgan fingerprint density at radius 1 is 1.24 bits per heavy atom. The first-order valence-electron chi connectivity index (χ1n) is 10.5. The first-order chi connectivity index (χ1) is 15.2. The van der Waals surface area contributed by atoms with Crippen molar-refractivity contribution in [1.82, 2.24) is 9.80 Å². The van der Waals surface area contributed by atoms with E-state index in [4.69, 9.17) is 9.47 Å². The van der Waals surface area contributed by atoms with Gasteiger partial charge in [-0.2, -0.15) is 13.2 Å². The molecule has 1 aliphatic heterocycles. The van der Waals surface area contributed by atoms with E-state index in [0.29, 0.717) is 6.54 Å². The summed E-state index contributed by atoms with van der Waals surface area (Å²) in [7, 11) is -0.483. The van der Waals surface area contributed by atoms with Gasteiger partial charge >= 0.3 is 6.18 Å². The molecule has 0 bridgehead atoms. The molecule has 0 aliphatic carbocycles. The Morgan fingerprint density at radius 2 is 1.91 bits per heavy atom. The number of hydrogen-bond acceptors (Lipinski definition) is 6. The Bertz CT molecular complexity index is 926. The van der Waals surface area contributed by atoms with Crippen LogP contribution in [0.3, 0.4) is 0 Å². The smallest absolute Gasteiger partial charge is 0.390 e. The highest BCUT2D eigenvalue weighted by molar-refractivity contribution is 7.92. The Morgan fingerprint density at radius 3 is 2.48 bits per heavy atom. The number of nitrogens with zero attached hydrogens (tertiary/aromatic N) is 2. The molecule has 8 nitrogen and oxygen atoms in total. The minimum atomic E-state index is -4.28. The Labute approximate surface area is 193 Å². The van der Waals surface area contributed by atoms with E-state index in [0.717, 1.165) is 6.26 Å². The lowest BCUT2D eigenvalue weighted by Crippen LogP contribution is -2.47. The van der Waals surface area contributed by atoms with Crippen molar-refractivity contribution in [3.63, 3.8) is 0 Å². The maximum Gasteiger partial charge on any atom is 0.390 e. The average molecular weight is 496 g/mol. The van der Waals surface area contributed by atoms with Crippen LogP contribution in [-0.4, -0.2) is 89.1 Å². The Balaban J connectivity index is 2.42. The van der Waals surface area contributed by atoms with E-state index in [-0.39, 0.29) is 48.7 Å². The molecule has 0 radical (unpaired) electrons. The molecule has 1 aromatic carbocycles. The molecule has 188 valence electrons. The van der Waals surface area contributed by atoms with Crippen LogP contribution in [0.4, 0.5) is 18.9 Å². The van der Waals surface area contributed by atoms with E-state index in [1.54, 1.807) is 18.9 Å². The van der Waals surface area contributed by atoms with Crippen molar-refractivity contribution in [2.24, 2.45) is 5.92 Å². The third-order valence-corrected chi connectivity index (χ3v) is 6.17. The summed E-state index contributed by atoms with van der Waals surface area (Å²) < 4.78 is 75.7. The molecule has 0 saturated carbocycles. The predicted octanol–water partition coefficient (Wildman–Crippen LogP) is 2.82. The molecular formula is C21H32F3N3O5S. The first-order valence-corrected chi connectivity index (χ1v) is 12.4. The van der Waals surface area contributed by atoms with E-state index in [1.807, 2.05) is 6.92 Å². The van der Waals surface area contributed by atoms with E-state index in [1.165, 1.54) is 30.2 Å². The zero-order valence-corrected chi connectivity index (χ0v) is 20.3. The van der Waals surface area contributed by atoms with Gasteiger partial charge in [0.25, 0.3) is 5.91 Å². The molecule has 1 aromatic rings. The molecule has 3 atom stereocenters. The molecule has 12 heteroatoms. The van der Waals surface area contributed by atoms with Crippen molar-refractivity contribution >= 4 is 21.6 Å². The van der Waals surface area contributed by atoms with Crippen molar-refractivity contribution in [3.05, 3.63) is 23.8 Å². The van der Waals surface area contributed by atoms with Crippen LogP contribution in [0.5, 0.6) is 5.75 Å². The number of hydrogen-bond donors (Lipinski definition) is 1. The molecule has 1 aliphatic rings. The van der Waals surface area contributed by atoms with Crippen molar-refractivity contribution in [3.8, 4) is 5.75 Å². The highest BCUT2D eigenvalue weighted by Crippen LogP contribution is 2.27. The lowest BCUT2D eigenvalue weighted by atomic mass is 10.0. The number of anilines is 1. The fourth-order valence-corrected chi connectivity index (χ4v) is 4.27. The number of sulfonamides is 1. The molecule has 1 N–H and O–H groups in total. The number of nitrogens with one attached hydrogen (secondary N) is 1. The van der Waals surface area contributed by atoms with Gasteiger partial charge in [-0.25, -0.2) is 8.42 Å². The van der Waals surface area contributed by atoms with E-state index in [2.05, 4.69) is 4.72 Å². The summed E-state index contributed by atoms with van der Waals surface area (Å²) in [5.74, 6) is -0.340. The van der Waals surface area contributed by atoms with Gasteiger partial charge in [0.15, 0.2) is 0 Å². The SMILES string of the molecule is CO[C@H]1CN(C)C(=O)c2cc(NS(C)(=O)=O)ccc2OC[C@@H](C)N(CCC(F)(F)F)C[C@H]1C. The maximum atomic E-state index is 13.2. The third-order valence-electron chi connectivity index (χ3n) is 5.56. The van der Waals surface area contributed by atoms with Gasteiger partial charge in [-0.05, 0) is 31.0 Å². The summed E-state index contributed by atoms with van der Waals surface area (Å²) in [5.41, 5.74) is 0.341. The molecule has 0 saturated heterocycles. The van der Waals surface area contributed by atoms with Crippen molar-refractivity contribution < 1.29 is 35.9 Å². The minimum absolute atomic E-state index is 0.0467. The normalized spacial score (nSPS) is 23.8. The number of fused-ring (bicyclic) bond motifs is 1. The summed E-state index contributed by atoms with van der Waals surface area (Å²) in [5, 5.41) is 0. The molecule has 0 unspecified atom stereocenters. The highest BCUT2D eigenvalue weighted by Gasteiger charge is 2.32. The second-order valence-corrected chi connectivity index (χ2v) is 10.3. The number of rotatable bonds is 5. The first kappa shape index (κ1) is 27.2. The van der Waals surface area contributed by atoms with Crippen LogP contribution in [0.2, 0.25) is 0 Å². The van der Waals surface area contributed by atoms with Gasteiger partial charge in [-0.3, -0.25) is 14.4 Å². The summed E-state index contributed by atoms with van der Waals surface area (Å²) >= 11 is 0. The molecule has 0 spiro atoms. The van der Waals surface area contributed by atoms with E-state index >= 15 is 0 Å². The van der Waals surface area contributed by atoms with Crippen LogP contribution in [-0.2, 0) is 14.8 Å². The van der Waals surface area contributed by atoms with Gasteiger partial charge in [0, 0.05) is 45.5 Å². The van der Waals surface area contributed by atoms with Crippen LogP contribution in [0, 0.1) is 5.92 Å². The van der Waals surface area contributed by atoms with Crippen molar-refractivity contribution in [2.45, 2.75) is 38.6 Å². The second-order valence-electron chi connectivity index (χ2n) is 8.54. The Hall–Kier alpha value is -2.05. The highest BCUT2D eigenvalue weighted by atomic mass is 32.2. The van der Waals surface area contributed by atoms with E-state index < -0.39 is 34.6 Å². The molecule has 0 fully saturated rings. The summed E-state index contributed by atoms with van der Waals surface area (Å²) in [6.45, 7) is 4.03. The number of carbonyl (C=O) groups excluding carboxylic acids is 1. The van der Waals surface area contributed by atoms with Gasteiger partial charge < -0.3 is 14.4 Å². The molecule has 1 amide bonds. The van der Waals surface area contributed by atoms with Gasteiger partial charge in [0.1, 0.15) is 12.4 Å². The summed E-state index contributed by atoms with van der Waals surface area (Å²) in [6, 6.07) is 3.95. The van der Waals surface area contributed by atoms with Crippen LogP contribution in [0.25, 0.3) is 0 Å². The maximum absolute atomic E-state index is 13.2. The molecule has 0 aromatic heterocycles. The predicted molar refractivity (Wildman–Crippen MR) is 119 cm³/mol. The lowest BCUT2D eigenvalue weighted by Gasteiger charge is -2.36. The van der Waals surface area contributed by atoms with Gasteiger partial charge in [-0.15, -0.1) is 0 Å². The average Bonchev–Trinajstić information content (AvgIpc) is 2.70. The van der Waals surface area contributed by atoms with Crippen LogP contribution < -0.4 is 9.46 Å². The lowest BCUT2D eigenvalue weighted by molar-refractivity contribution is -0.140. The topological polar surface area (TPSA) is 88.2 Å². The van der Waals surface area contributed by atoms with Gasteiger partial charge in [0.05, 0.1) is 24.3 Å². The van der Waals surface area contributed by atoms with E-state index in [9.17, 15) is 26.4 Å². The number of ether oxygens (including phenoxy) is 2. The zero-order valence-electron chi connectivity index (χ0n) is 19.5. The standard InChI is InChI=1S/C21H32F3N3O5S/c1-14-11-27(9-8-21(22,23)24)15(2)13-32-18-7-6-16(25-33(5,29)30)10-17(18)20(28)26(3)12-19(14)31-4/h6-7,10,14-15,19,25H,8-9,11-13H2,1-5H3/t14-,15-,19+/m1/s1. The molecule has 1 heterocycles. The van der Waals surface area contributed by atoms with Crippen molar-refractivity contribution in [1.29, 1.82) is 0 Å². The number of carbonyl (C=O) groups is 1. The number of methoxy groups -OCH3 is 1. The number of amides is 1. The van der Waals surface area contributed by atoms with Crippen LogP contribution in [0.15, 0.2) is 18.2 Å². The number of halogens is 3. The molecule has 2 rings (SSSR count). The fraction of sp³-hybridized carbons (Fsp3) is 0.667. The largest absolute Gasteiger partial charge is 0.491 e. The quantitative estimate of drug-likeness (QED) is 0.676. The number of alkyl halides is 3. The van der Waals surface area contributed by atoms with Gasteiger partial charge in [0.2, 0.25) is 10.0 Å². The van der Waals surface area contributed by atoms with Crippen LogP contribution in [0.1, 0.15) is 30.6 Å². The molecule has 33 heavy (non-hydrogen) atoms. The minimum Gasteiger partial charge on any atom is -0.491 e. The monoisotopic (exact) mass is 495 g/mol.